The van der Waals surface area contributed by atoms with E-state index in [0.717, 1.165) is 89.2 Å². The lowest BCUT2D eigenvalue weighted by Gasteiger charge is -2.29. The summed E-state index contributed by atoms with van der Waals surface area (Å²) in [6, 6.07) is 76.1. The Bertz CT molecular complexity index is 3540. The molecule has 6 nitrogen and oxygen atoms in total. The zero-order valence-corrected chi connectivity index (χ0v) is 32.9. The third kappa shape index (κ3) is 5.84. The van der Waals surface area contributed by atoms with Crippen molar-refractivity contribution in [1.82, 2.24) is 9.55 Å². The van der Waals surface area contributed by atoms with Crippen molar-refractivity contribution in [2.45, 2.75) is 0 Å². The summed E-state index contributed by atoms with van der Waals surface area (Å²) in [5.74, 6) is 0.555. The van der Waals surface area contributed by atoms with Crippen molar-refractivity contribution in [3.63, 3.8) is 0 Å². The average Bonchev–Trinajstić information content (AvgIpc) is 4.03. The quantitative estimate of drug-likeness (QED) is 0.154. The largest absolute Gasteiger partial charge is 0.456 e. The smallest absolute Gasteiger partial charge is 0.227 e. The average molecular weight is 785 g/mol. The van der Waals surface area contributed by atoms with E-state index in [1.165, 1.54) is 5.39 Å². The molecule has 0 unspecified atom stereocenters. The van der Waals surface area contributed by atoms with E-state index in [1.807, 2.05) is 48.5 Å². The lowest BCUT2D eigenvalue weighted by molar-refractivity contribution is 0.620. The highest BCUT2D eigenvalue weighted by molar-refractivity contribution is 6.11. The molecular weight excluding hydrogens is 749 g/mol. The van der Waals surface area contributed by atoms with Gasteiger partial charge in [0.1, 0.15) is 16.7 Å². The van der Waals surface area contributed by atoms with E-state index in [1.54, 1.807) is 0 Å². The van der Waals surface area contributed by atoms with E-state index < -0.39 is 0 Å². The number of oxazole rings is 1. The zero-order chi connectivity index (χ0) is 40.3. The zero-order valence-electron chi connectivity index (χ0n) is 32.9. The van der Waals surface area contributed by atoms with Crippen LogP contribution < -0.4 is 9.80 Å². The number of nitrogens with zero attached hydrogens (tertiary/aromatic N) is 4. The highest BCUT2D eigenvalue weighted by atomic mass is 16.3. The van der Waals surface area contributed by atoms with Crippen molar-refractivity contribution >= 4 is 89.0 Å². The first-order chi connectivity index (χ1) is 30.2. The fourth-order valence-electron chi connectivity index (χ4n) is 8.84. The van der Waals surface area contributed by atoms with E-state index in [4.69, 9.17) is 13.8 Å². The van der Waals surface area contributed by atoms with E-state index in [-0.39, 0.29) is 0 Å². The van der Waals surface area contributed by atoms with Gasteiger partial charge in [-0.2, -0.15) is 0 Å². The Kier molecular flexibility index (Phi) is 8.06. The van der Waals surface area contributed by atoms with Crippen LogP contribution in [0.1, 0.15) is 0 Å². The van der Waals surface area contributed by atoms with Crippen LogP contribution in [0.4, 0.5) is 34.1 Å². The van der Waals surface area contributed by atoms with Gasteiger partial charge in [0.05, 0.1) is 22.4 Å². The standard InChI is InChI=1S/C55H36N4O2/c1-5-17-37(18-6-1)55-56-54-50(58(39-21-9-3-10-22-39)42-30-32-52-47(34-42)45-26-14-16-28-51(45)60-52)35-43(36-53(54)61-55)57(38-19-7-2-8-20-38)41-29-31-49-46(33-41)44-25-13-15-27-48(44)59(49)40-23-11-4-12-24-40/h1-36H. The van der Waals surface area contributed by atoms with Gasteiger partial charge >= 0.3 is 0 Å². The molecule has 288 valence electrons. The number of benzene rings is 9. The van der Waals surface area contributed by atoms with Crippen LogP contribution in [0.5, 0.6) is 0 Å². The highest BCUT2D eigenvalue weighted by Gasteiger charge is 2.25. The normalized spacial score (nSPS) is 11.6. The third-order valence-electron chi connectivity index (χ3n) is 11.6. The van der Waals surface area contributed by atoms with E-state index in [0.29, 0.717) is 11.5 Å². The van der Waals surface area contributed by atoms with E-state index in [9.17, 15) is 0 Å². The first kappa shape index (κ1) is 34.7. The number of furan rings is 1. The highest BCUT2D eigenvalue weighted by Crippen LogP contribution is 2.47. The topological polar surface area (TPSA) is 50.6 Å². The molecule has 0 N–H and O–H groups in total. The lowest BCUT2D eigenvalue weighted by atomic mass is 10.1. The summed E-state index contributed by atoms with van der Waals surface area (Å²) in [5, 5.41) is 4.46. The van der Waals surface area contributed by atoms with Gasteiger partial charge in [0.2, 0.25) is 5.89 Å². The number of rotatable bonds is 8. The molecule has 0 spiro atoms. The molecule has 0 saturated heterocycles. The van der Waals surface area contributed by atoms with E-state index in [2.05, 4.69) is 184 Å². The summed E-state index contributed by atoms with van der Waals surface area (Å²) in [5.41, 5.74) is 13.2. The summed E-state index contributed by atoms with van der Waals surface area (Å²) in [7, 11) is 0. The number of hydrogen-bond acceptors (Lipinski definition) is 5. The second-order valence-electron chi connectivity index (χ2n) is 15.2. The van der Waals surface area contributed by atoms with Gasteiger partial charge in [0.25, 0.3) is 0 Å². The summed E-state index contributed by atoms with van der Waals surface area (Å²) in [6.45, 7) is 0. The van der Waals surface area contributed by atoms with Gasteiger partial charge in [-0.1, -0.05) is 109 Å². The molecule has 0 bridgehead atoms. The van der Waals surface area contributed by atoms with Gasteiger partial charge in [-0.05, 0) is 103 Å². The molecule has 0 fully saturated rings. The van der Waals surface area contributed by atoms with Gasteiger partial charge in [0, 0.05) is 61.6 Å². The molecule has 6 heteroatoms. The molecule has 0 saturated carbocycles. The molecule has 3 aromatic heterocycles. The summed E-state index contributed by atoms with van der Waals surface area (Å²) >= 11 is 0. The van der Waals surface area contributed by atoms with Gasteiger partial charge < -0.3 is 23.2 Å². The van der Waals surface area contributed by atoms with Gasteiger partial charge in [0.15, 0.2) is 5.58 Å². The van der Waals surface area contributed by atoms with Crippen molar-refractivity contribution in [1.29, 1.82) is 0 Å². The van der Waals surface area contributed by atoms with Crippen LogP contribution in [-0.4, -0.2) is 9.55 Å². The van der Waals surface area contributed by atoms with Gasteiger partial charge in [-0.15, -0.1) is 0 Å². The van der Waals surface area contributed by atoms with Crippen molar-refractivity contribution in [2.75, 3.05) is 9.80 Å². The molecule has 0 aliphatic carbocycles. The van der Waals surface area contributed by atoms with E-state index >= 15 is 0 Å². The molecule has 0 atom stereocenters. The third-order valence-corrected chi connectivity index (χ3v) is 11.6. The summed E-state index contributed by atoms with van der Waals surface area (Å²) in [6.07, 6.45) is 0. The summed E-state index contributed by atoms with van der Waals surface area (Å²) < 4.78 is 15.4. The Balaban J connectivity index is 1.13. The SMILES string of the molecule is c1ccc(-c2nc3c(N(c4ccccc4)c4ccc5oc6ccccc6c5c4)cc(N(c4ccccc4)c4ccc5c(c4)c4ccccc4n5-c4ccccc4)cc3o2)cc1. The predicted octanol–water partition coefficient (Wildman–Crippen LogP) is 15.4. The molecule has 0 aliphatic heterocycles. The first-order valence-electron chi connectivity index (χ1n) is 20.5. The molecule has 3 heterocycles. The Labute approximate surface area is 351 Å². The molecular formula is C55H36N4O2. The van der Waals surface area contributed by atoms with Gasteiger partial charge in [-0.3, -0.25) is 0 Å². The molecule has 0 amide bonds. The van der Waals surface area contributed by atoms with Crippen molar-refractivity contribution in [2.24, 2.45) is 0 Å². The van der Waals surface area contributed by atoms with Gasteiger partial charge in [-0.25, -0.2) is 4.98 Å². The molecule has 12 rings (SSSR count). The van der Waals surface area contributed by atoms with Crippen molar-refractivity contribution in [3.05, 3.63) is 218 Å². The van der Waals surface area contributed by atoms with Crippen LogP contribution in [0, 0.1) is 0 Å². The van der Waals surface area contributed by atoms with Crippen LogP contribution >= 0.6 is 0 Å². The van der Waals surface area contributed by atoms with Crippen LogP contribution in [0.15, 0.2) is 227 Å². The second kappa shape index (κ2) is 14.2. The number of fused-ring (bicyclic) bond motifs is 7. The van der Waals surface area contributed by atoms with Crippen LogP contribution in [0.3, 0.4) is 0 Å². The van der Waals surface area contributed by atoms with Crippen molar-refractivity contribution in [3.8, 4) is 17.1 Å². The van der Waals surface area contributed by atoms with Crippen LogP contribution in [0.2, 0.25) is 0 Å². The van der Waals surface area contributed by atoms with Crippen LogP contribution in [-0.2, 0) is 0 Å². The lowest BCUT2D eigenvalue weighted by Crippen LogP contribution is -2.13. The Morgan fingerprint density at radius 2 is 0.934 bits per heavy atom. The predicted molar refractivity (Wildman–Crippen MR) is 250 cm³/mol. The maximum Gasteiger partial charge on any atom is 0.227 e. The molecule has 0 radical (unpaired) electrons. The minimum absolute atomic E-state index is 0.555. The number of anilines is 6. The van der Waals surface area contributed by atoms with Crippen molar-refractivity contribution < 1.29 is 8.83 Å². The molecule has 61 heavy (non-hydrogen) atoms. The Morgan fingerprint density at radius 1 is 0.361 bits per heavy atom. The Hall–Kier alpha value is -8.35. The molecule has 12 aromatic rings. The maximum absolute atomic E-state index is 6.79. The minimum Gasteiger partial charge on any atom is -0.456 e. The first-order valence-corrected chi connectivity index (χ1v) is 20.5. The monoisotopic (exact) mass is 784 g/mol. The number of para-hydroxylation sites is 5. The fraction of sp³-hybridized carbons (Fsp3) is 0. The molecule has 0 aliphatic rings. The summed E-state index contributed by atoms with van der Waals surface area (Å²) in [4.78, 5) is 9.86. The minimum atomic E-state index is 0.555. The number of hydrogen-bond donors (Lipinski definition) is 0. The number of aromatic nitrogens is 2. The molecule has 9 aromatic carbocycles. The van der Waals surface area contributed by atoms with Crippen LogP contribution in [0.25, 0.3) is 72.0 Å². The fourth-order valence-corrected chi connectivity index (χ4v) is 8.84. The second-order valence-corrected chi connectivity index (χ2v) is 15.2. The maximum atomic E-state index is 6.79. The Morgan fingerprint density at radius 3 is 1.70 bits per heavy atom.